The largest absolute Gasteiger partial charge is 0.364 e. The highest BCUT2D eigenvalue weighted by atomic mass is 16.5. The first-order valence-electron chi connectivity index (χ1n) is 4.73. The molecule has 1 aromatic rings. The average molecular weight is 195 g/mol. The second-order valence-corrected chi connectivity index (χ2v) is 3.59. The summed E-state index contributed by atoms with van der Waals surface area (Å²) in [6, 6.07) is 0.177. The normalized spacial score (nSPS) is 26.4. The molecule has 1 aromatic heterocycles. The van der Waals surface area contributed by atoms with Crippen LogP contribution in [0, 0.1) is 0 Å². The smallest absolute Gasteiger partial charge is 0.256 e. The van der Waals surface area contributed by atoms with E-state index < -0.39 is 0 Å². The van der Waals surface area contributed by atoms with Crippen molar-refractivity contribution in [2.24, 2.45) is 5.73 Å². The number of rotatable bonds is 2. The number of nitrogens with zero attached hydrogens (tertiary/aromatic N) is 1. The van der Waals surface area contributed by atoms with Gasteiger partial charge in [0.1, 0.15) is 6.26 Å². The summed E-state index contributed by atoms with van der Waals surface area (Å²) in [6.45, 7) is 0. The van der Waals surface area contributed by atoms with Gasteiger partial charge in [-0.2, -0.15) is 0 Å². The number of carbonyl (C=O) groups is 1. The highest BCUT2D eigenvalue weighted by Crippen LogP contribution is 2.17. The van der Waals surface area contributed by atoms with Gasteiger partial charge in [-0.15, -0.1) is 0 Å². The van der Waals surface area contributed by atoms with E-state index >= 15 is 0 Å². The Morgan fingerprint density at radius 2 is 2.50 bits per heavy atom. The Bertz CT molecular complexity index is 310. The van der Waals surface area contributed by atoms with Crippen molar-refractivity contribution in [2.45, 2.75) is 31.3 Å². The molecule has 76 valence electrons. The Morgan fingerprint density at radius 1 is 1.64 bits per heavy atom. The quantitative estimate of drug-likeness (QED) is 0.710. The van der Waals surface area contributed by atoms with Crippen LogP contribution in [-0.2, 0) is 0 Å². The summed E-state index contributed by atoms with van der Waals surface area (Å²) >= 11 is 0. The molecule has 0 spiro atoms. The van der Waals surface area contributed by atoms with Gasteiger partial charge >= 0.3 is 0 Å². The molecule has 1 amide bonds. The molecular formula is C9H13N3O2. The Kier molecular flexibility index (Phi) is 2.49. The van der Waals surface area contributed by atoms with E-state index in [1.165, 1.54) is 12.5 Å². The zero-order valence-corrected chi connectivity index (χ0v) is 7.77. The summed E-state index contributed by atoms with van der Waals surface area (Å²) in [5.74, 6) is -0.159. The fraction of sp³-hybridized carbons (Fsp3) is 0.556. The van der Waals surface area contributed by atoms with Crippen LogP contribution >= 0.6 is 0 Å². The van der Waals surface area contributed by atoms with Crippen molar-refractivity contribution < 1.29 is 9.32 Å². The maximum Gasteiger partial charge on any atom is 0.256 e. The van der Waals surface area contributed by atoms with Gasteiger partial charge in [0.05, 0.1) is 11.8 Å². The zero-order chi connectivity index (χ0) is 9.97. The van der Waals surface area contributed by atoms with Crippen LogP contribution in [-0.4, -0.2) is 23.1 Å². The molecule has 2 unspecified atom stereocenters. The van der Waals surface area contributed by atoms with Gasteiger partial charge in [-0.3, -0.25) is 4.79 Å². The summed E-state index contributed by atoms with van der Waals surface area (Å²) < 4.78 is 4.58. The number of nitrogens with two attached hydrogens (primary N) is 1. The topological polar surface area (TPSA) is 81.1 Å². The second-order valence-electron chi connectivity index (χ2n) is 3.59. The van der Waals surface area contributed by atoms with Crippen molar-refractivity contribution in [1.29, 1.82) is 0 Å². The molecule has 0 saturated heterocycles. The molecule has 0 bridgehead atoms. The van der Waals surface area contributed by atoms with Crippen LogP contribution in [0.2, 0.25) is 0 Å². The van der Waals surface area contributed by atoms with Crippen molar-refractivity contribution in [3.05, 3.63) is 18.0 Å². The van der Waals surface area contributed by atoms with Crippen molar-refractivity contribution in [1.82, 2.24) is 10.5 Å². The zero-order valence-electron chi connectivity index (χ0n) is 7.77. The van der Waals surface area contributed by atoms with Gasteiger partial charge in [-0.25, -0.2) is 0 Å². The molecule has 0 radical (unpaired) electrons. The molecule has 0 aromatic carbocycles. The van der Waals surface area contributed by atoms with Gasteiger partial charge in [-0.1, -0.05) is 5.16 Å². The Hall–Kier alpha value is -1.36. The molecule has 2 atom stereocenters. The predicted octanol–water partition coefficient (Wildman–Crippen LogP) is 0.284. The van der Waals surface area contributed by atoms with E-state index in [2.05, 4.69) is 15.0 Å². The van der Waals surface area contributed by atoms with E-state index in [-0.39, 0.29) is 18.0 Å². The predicted molar refractivity (Wildman–Crippen MR) is 49.6 cm³/mol. The van der Waals surface area contributed by atoms with E-state index in [0.29, 0.717) is 5.56 Å². The fourth-order valence-corrected chi connectivity index (χ4v) is 1.74. The average Bonchev–Trinajstić information content (AvgIpc) is 2.77. The SMILES string of the molecule is NC1CCCC1NC(=O)c1cnoc1. The van der Waals surface area contributed by atoms with Gasteiger partial charge in [0, 0.05) is 12.1 Å². The number of aromatic nitrogens is 1. The number of hydrogen-bond acceptors (Lipinski definition) is 4. The maximum atomic E-state index is 11.5. The maximum absolute atomic E-state index is 11.5. The number of nitrogens with one attached hydrogen (secondary N) is 1. The molecule has 5 heteroatoms. The van der Waals surface area contributed by atoms with Crippen LogP contribution in [0.4, 0.5) is 0 Å². The number of amides is 1. The molecule has 1 aliphatic rings. The van der Waals surface area contributed by atoms with E-state index in [1.807, 2.05) is 0 Å². The molecular weight excluding hydrogens is 182 g/mol. The lowest BCUT2D eigenvalue weighted by Crippen LogP contribution is -2.43. The minimum Gasteiger partial charge on any atom is -0.364 e. The lowest BCUT2D eigenvalue weighted by Gasteiger charge is -2.16. The first-order chi connectivity index (χ1) is 6.77. The molecule has 1 fully saturated rings. The standard InChI is InChI=1S/C9H13N3O2/c10-7-2-1-3-8(7)12-9(13)6-4-11-14-5-6/h4-5,7-8H,1-3,10H2,(H,12,13). The highest BCUT2D eigenvalue weighted by molar-refractivity contribution is 5.93. The Labute approximate surface area is 81.6 Å². The van der Waals surface area contributed by atoms with E-state index in [1.54, 1.807) is 0 Å². The van der Waals surface area contributed by atoms with Gasteiger partial charge in [0.15, 0.2) is 0 Å². The van der Waals surface area contributed by atoms with Crippen molar-refractivity contribution in [3.8, 4) is 0 Å². The summed E-state index contributed by atoms with van der Waals surface area (Å²) in [4.78, 5) is 11.5. The lowest BCUT2D eigenvalue weighted by atomic mass is 10.2. The molecule has 14 heavy (non-hydrogen) atoms. The third-order valence-corrected chi connectivity index (χ3v) is 2.58. The second kappa shape index (κ2) is 3.79. The Morgan fingerprint density at radius 3 is 3.07 bits per heavy atom. The van der Waals surface area contributed by atoms with Crippen LogP contribution in [0.3, 0.4) is 0 Å². The minimum absolute atomic E-state index is 0.0822. The van der Waals surface area contributed by atoms with Crippen LogP contribution in [0.1, 0.15) is 29.6 Å². The van der Waals surface area contributed by atoms with E-state index in [0.717, 1.165) is 19.3 Å². The monoisotopic (exact) mass is 195 g/mol. The van der Waals surface area contributed by atoms with Crippen molar-refractivity contribution in [2.75, 3.05) is 0 Å². The molecule has 1 aliphatic carbocycles. The minimum atomic E-state index is -0.159. The summed E-state index contributed by atoms with van der Waals surface area (Å²) in [6.07, 6.45) is 5.74. The fourth-order valence-electron chi connectivity index (χ4n) is 1.74. The van der Waals surface area contributed by atoms with E-state index in [4.69, 9.17) is 5.73 Å². The molecule has 0 aliphatic heterocycles. The lowest BCUT2D eigenvalue weighted by molar-refractivity contribution is 0.0934. The van der Waals surface area contributed by atoms with Gasteiger partial charge in [0.2, 0.25) is 0 Å². The Balaban J connectivity index is 1.95. The molecule has 1 saturated carbocycles. The van der Waals surface area contributed by atoms with E-state index in [9.17, 15) is 4.79 Å². The third-order valence-electron chi connectivity index (χ3n) is 2.58. The van der Waals surface area contributed by atoms with Crippen LogP contribution in [0.15, 0.2) is 17.0 Å². The summed E-state index contributed by atoms with van der Waals surface area (Å²) in [7, 11) is 0. The van der Waals surface area contributed by atoms with Crippen LogP contribution < -0.4 is 11.1 Å². The highest BCUT2D eigenvalue weighted by Gasteiger charge is 2.25. The van der Waals surface area contributed by atoms with Gasteiger partial charge in [0.25, 0.3) is 5.91 Å². The first kappa shape index (κ1) is 9.21. The number of carbonyl (C=O) groups excluding carboxylic acids is 1. The van der Waals surface area contributed by atoms with Gasteiger partial charge < -0.3 is 15.6 Å². The third kappa shape index (κ3) is 1.77. The van der Waals surface area contributed by atoms with Crippen molar-refractivity contribution >= 4 is 5.91 Å². The summed E-state index contributed by atoms with van der Waals surface area (Å²) in [5.41, 5.74) is 6.28. The summed E-state index contributed by atoms with van der Waals surface area (Å²) in [5, 5.41) is 6.34. The molecule has 5 nitrogen and oxygen atoms in total. The molecule has 2 rings (SSSR count). The van der Waals surface area contributed by atoms with Gasteiger partial charge in [-0.05, 0) is 19.3 Å². The van der Waals surface area contributed by atoms with Crippen LogP contribution in [0.5, 0.6) is 0 Å². The molecule has 1 heterocycles. The molecule has 3 N–H and O–H groups in total. The van der Waals surface area contributed by atoms with Crippen molar-refractivity contribution in [3.63, 3.8) is 0 Å². The number of hydrogen-bond donors (Lipinski definition) is 2. The van der Waals surface area contributed by atoms with Crippen LogP contribution in [0.25, 0.3) is 0 Å². The first-order valence-corrected chi connectivity index (χ1v) is 4.73.